The van der Waals surface area contributed by atoms with Crippen LogP contribution in [0.5, 0.6) is 0 Å². The van der Waals surface area contributed by atoms with E-state index in [1.165, 1.54) is 0 Å². The lowest BCUT2D eigenvalue weighted by atomic mass is 10.1. The van der Waals surface area contributed by atoms with Crippen molar-refractivity contribution in [2.75, 3.05) is 7.05 Å². The number of carboxylic acids is 1. The van der Waals surface area contributed by atoms with Gasteiger partial charge in [0.15, 0.2) is 5.69 Å². The number of hydrogen-bond acceptors (Lipinski definition) is 3. The SMILES string of the molecule is CN(Cc1nc(C(=O)O)c2ccccn12)C(C)(C)C. The van der Waals surface area contributed by atoms with Crippen molar-refractivity contribution >= 4 is 11.5 Å². The summed E-state index contributed by atoms with van der Waals surface area (Å²) in [7, 11) is 2.00. The van der Waals surface area contributed by atoms with Crippen LogP contribution in [0.1, 0.15) is 37.1 Å². The molecule has 0 amide bonds. The average molecular weight is 261 g/mol. The zero-order chi connectivity index (χ0) is 14.2. The molecule has 0 aliphatic rings. The van der Waals surface area contributed by atoms with E-state index in [0.29, 0.717) is 12.1 Å². The second-order valence-corrected chi connectivity index (χ2v) is 5.66. The van der Waals surface area contributed by atoms with Gasteiger partial charge in [-0.1, -0.05) is 6.07 Å². The van der Waals surface area contributed by atoms with Gasteiger partial charge >= 0.3 is 5.97 Å². The van der Waals surface area contributed by atoms with Crippen LogP contribution in [0, 0.1) is 0 Å². The maximum atomic E-state index is 11.2. The summed E-state index contributed by atoms with van der Waals surface area (Å²) in [5, 5.41) is 9.20. The molecule has 2 heterocycles. The van der Waals surface area contributed by atoms with Crippen molar-refractivity contribution in [1.82, 2.24) is 14.3 Å². The zero-order valence-corrected chi connectivity index (χ0v) is 11.7. The number of nitrogens with zero attached hydrogens (tertiary/aromatic N) is 3. The highest BCUT2D eigenvalue weighted by Gasteiger charge is 2.21. The van der Waals surface area contributed by atoms with Crippen LogP contribution in [-0.2, 0) is 6.54 Å². The lowest BCUT2D eigenvalue weighted by Crippen LogP contribution is -2.37. The average Bonchev–Trinajstić information content (AvgIpc) is 2.67. The topological polar surface area (TPSA) is 57.8 Å². The smallest absolute Gasteiger partial charge is 0.356 e. The quantitative estimate of drug-likeness (QED) is 0.920. The Morgan fingerprint density at radius 3 is 2.68 bits per heavy atom. The van der Waals surface area contributed by atoms with Gasteiger partial charge in [0.05, 0.1) is 12.1 Å². The third kappa shape index (κ3) is 2.61. The molecule has 0 saturated carbocycles. The number of imidazole rings is 1. The molecule has 0 aromatic carbocycles. The first-order chi connectivity index (χ1) is 8.80. The number of carboxylic acid groups (broad SMARTS) is 1. The fraction of sp³-hybridized carbons (Fsp3) is 0.429. The van der Waals surface area contributed by atoms with Gasteiger partial charge in [0, 0.05) is 11.7 Å². The summed E-state index contributed by atoms with van der Waals surface area (Å²) in [6.45, 7) is 6.94. The number of aromatic carboxylic acids is 1. The van der Waals surface area contributed by atoms with E-state index in [9.17, 15) is 9.90 Å². The van der Waals surface area contributed by atoms with Gasteiger partial charge in [-0.05, 0) is 40.0 Å². The van der Waals surface area contributed by atoms with Gasteiger partial charge < -0.3 is 9.51 Å². The summed E-state index contributed by atoms with van der Waals surface area (Å²) >= 11 is 0. The van der Waals surface area contributed by atoms with E-state index in [0.717, 1.165) is 5.82 Å². The molecule has 2 rings (SSSR count). The Balaban J connectivity index is 2.47. The Hall–Kier alpha value is -1.88. The Labute approximate surface area is 112 Å². The minimum absolute atomic E-state index is 0.00397. The van der Waals surface area contributed by atoms with E-state index in [-0.39, 0.29) is 11.2 Å². The van der Waals surface area contributed by atoms with Crippen molar-refractivity contribution in [1.29, 1.82) is 0 Å². The largest absolute Gasteiger partial charge is 0.476 e. The van der Waals surface area contributed by atoms with E-state index in [1.807, 2.05) is 29.8 Å². The Kier molecular flexibility index (Phi) is 3.32. The first kappa shape index (κ1) is 13.5. The van der Waals surface area contributed by atoms with Crippen molar-refractivity contribution in [3.63, 3.8) is 0 Å². The van der Waals surface area contributed by atoms with E-state index < -0.39 is 5.97 Å². The number of carbonyl (C=O) groups is 1. The van der Waals surface area contributed by atoms with Crippen LogP contribution in [0.2, 0.25) is 0 Å². The van der Waals surface area contributed by atoms with Crippen molar-refractivity contribution in [3.05, 3.63) is 35.9 Å². The lowest BCUT2D eigenvalue weighted by molar-refractivity contribution is 0.0693. The predicted molar refractivity (Wildman–Crippen MR) is 73.4 cm³/mol. The molecule has 0 aliphatic carbocycles. The Bertz CT molecular complexity index is 611. The highest BCUT2D eigenvalue weighted by molar-refractivity contribution is 5.93. The Morgan fingerprint density at radius 1 is 1.42 bits per heavy atom. The van der Waals surface area contributed by atoms with Crippen molar-refractivity contribution in [2.45, 2.75) is 32.9 Å². The second kappa shape index (κ2) is 4.66. The van der Waals surface area contributed by atoms with Crippen LogP contribution < -0.4 is 0 Å². The summed E-state index contributed by atoms with van der Waals surface area (Å²) < 4.78 is 1.84. The minimum Gasteiger partial charge on any atom is -0.476 e. The maximum absolute atomic E-state index is 11.2. The fourth-order valence-electron chi connectivity index (χ4n) is 1.82. The van der Waals surface area contributed by atoms with Gasteiger partial charge in [-0.2, -0.15) is 0 Å². The first-order valence-electron chi connectivity index (χ1n) is 6.21. The van der Waals surface area contributed by atoms with Gasteiger partial charge in [-0.3, -0.25) is 4.90 Å². The first-order valence-corrected chi connectivity index (χ1v) is 6.21. The van der Waals surface area contributed by atoms with Crippen LogP contribution in [0.15, 0.2) is 24.4 Å². The summed E-state index contributed by atoms with van der Waals surface area (Å²) in [5.41, 5.74) is 0.745. The molecule has 5 nitrogen and oxygen atoms in total. The van der Waals surface area contributed by atoms with Gasteiger partial charge in [0.2, 0.25) is 0 Å². The monoisotopic (exact) mass is 261 g/mol. The van der Waals surface area contributed by atoms with Crippen LogP contribution in [0.3, 0.4) is 0 Å². The third-order valence-corrected chi connectivity index (χ3v) is 3.35. The van der Waals surface area contributed by atoms with Crippen LogP contribution in [0.25, 0.3) is 5.52 Å². The van der Waals surface area contributed by atoms with Crippen LogP contribution in [-0.4, -0.2) is 37.9 Å². The van der Waals surface area contributed by atoms with Crippen LogP contribution in [0.4, 0.5) is 0 Å². The summed E-state index contributed by atoms with van der Waals surface area (Å²) in [6.07, 6.45) is 1.85. The molecule has 0 atom stereocenters. The van der Waals surface area contributed by atoms with E-state index in [1.54, 1.807) is 6.07 Å². The molecule has 0 aliphatic heterocycles. The summed E-state index contributed by atoms with van der Waals surface area (Å²) in [4.78, 5) is 17.6. The zero-order valence-electron chi connectivity index (χ0n) is 11.7. The van der Waals surface area contributed by atoms with E-state index in [2.05, 4.69) is 30.7 Å². The highest BCUT2D eigenvalue weighted by Crippen LogP contribution is 2.18. The molecule has 0 spiro atoms. The molecular weight excluding hydrogens is 242 g/mol. The standard InChI is InChI=1S/C14H19N3O2/c1-14(2,3)16(4)9-11-15-12(13(18)19)10-7-5-6-8-17(10)11/h5-8H,9H2,1-4H3,(H,18,19). The number of pyridine rings is 1. The molecule has 0 bridgehead atoms. The second-order valence-electron chi connectivity index (χ2n) is 5.66. The van der Waals surface area contributed by atoms with Gasteiger partial charge in [0.25, 0.3) is 0 Å². The molecule has 2 aromatic heterocycles. The third-order valence-electron chi connectivity index (χ3n) is 3.35. The molecule has 102 valence electrons. The van der Waals surface area contributed by atoms with Gasteiger partial charge in [0.1, 0.15) is 5.82 Å². The van der Waals surface area contributed by atoms with Crippen molar-refractivity contribution in [2.24, 2.45) is 0 Å². The molecule has 0 saturated heterocycles. The van der Waals surface area contributed by atoms with Gasteiger partial charge in [-0.15, -0.1) is 0 Å². The predicted octanol–water partition coefficient (Wildman–Crippen LogP) is 2.26. The van der Waals surface area contributed by atoms with Crippen molar-refractivity contribution in [3.8, 4) is 0 Å². The molecule has 0 fully saturated rings. The maximum Gasteiger partial charge on any atom is 0.356 e. The molecule has 0 unspecified atom stereocenters. The van der Waals surface area contributed by atoms with Gasteiger partial charge in [-0.25, -0.2) is 9.78 Å². The highest BCUT2D eigenvalue weighted by atomic mass is 16.4. The van der Waals surface area contributed by atoms with E-state index in [4.69, 9.17) is 0 Å². The molecule has 5 heteroatoms. The molecule has 1 N–H and O–H groups in total. The Morgan fingerprint density at radius 2 is 2.11 bits per heavy atom. The number of fused-ring (bicyclic) bond motifs is 1. The molecule has 0 radical (unpaired) electrons. The normalized spacial score (nSPS) is 12.3. The molecular formula is C14H19N3O2. The number of rotatable bonds is 3. The molecule has 2 aromatic rings. The molecule has 19 heavy (non-hydrogen) atoms. The number of aromatic nitrogens is 2. The van der Waals surface area contributed by atoms with E-state index >= 15 is 0 Å². The van der Waals surface area contributed by atoms with Crippen LogP contribution >= 0.6 is 0 Å². The summed E-state index contributed by atoms with van der Waals surface area (Å²) in [6, 6.07) is 5.47. The number of hydrogen-bond donors (Lipinski definition) is 1. The summed E-state index contributed by atoms with van der Waals surface area (Å²) in [5.74, 6) is -0.251. The fourth-order valence-corrected chi connectivity index (χ4v) is 1.82. The lowest BCUT2D eigenvalue weighted by Gasteiger charge is -2.31. The van der Waals surface area contributed by atoms with Crippen molar-refractivity contribution < 1.29 is 9.90 Å². The minimum atomic E-state index is -0.992.